The van der Waals surface area contributed by atoms with Crippen LogP contribution < -0.4 is 21.1 Å². The first-order valence-electron chi connectivity index (χ1n) is 9.04. The quantitative estimate of drug-likeness (QED) is 0.551. The number of anilines is 2. The van der Waals surface area contributed by atoms with E-state index in [0.717, 1.165) is 5.56 Å². The van der Waals surface area contributed by atoms with Gasteiger partial charge in [0.2, 0.25) is 15.9 Å². The van der Waals surface area contributed by atoms with Crippen molar-refractivity contribution in [2.24, 2.45) is 5.73 Å². The predicted octanol–water partition coefficient (Wildman–Crippen LogP) is 2.78. The van der Waals surface area contributed by atoms with Crippen LogP contribution in [0.3, 0.4) is 0 Å². The predicted molar refractivity (Wildman–Crippen MR) is 113 cm³/mol. The summed E-state index contributed by atoms with van der Waals surface area (Å²) in [6.07, 6.45) is -0.0488. The van der Waals surface area contributed by atoms with Gasteiger partial charge in [-0.3, -0.25) is 4.79 Å². The molecule has 29 heavy (non-hydrogen) atoms. The highest BCUT2D eigenvalue weighted by molar-refractivity contribution is 7.89. The Balaban J connectivity index is 1.90. The highest BCUT2D eigenvalue weighted by Crippen LogP contribution is 2.23. The van der Waals surface area contributed by atoms with Gasteiger partial charge in [-0.05, 0) is 41.3 Å². The van der Waals surface area contributed by atoms with Crippen molar-refractivity contribution in [2.75, 3.05) is 17.2 Å². The molecule has 2 rings (SSSR count). The van der Waals surface area contributed by atoms with Crippen LogP contribution in [0.4, 0.5) is 16.2 Å². The summed E-state index contributed by atoms with van der Waals surface area (Å²) < 4.78 is 27.2. The highest BCUT2D eigenvalue weighted by atomic mass is 32.2. The molecule has 5 N–H and O–H groups in total. The van der Waals surface area contributed by atoms with Crippen LogP contribution in [0.15, 0.2) is 53.4 Å². The number of carbonyl (C=O) groups excluding carboxylic acids is 2. The van der Waals surface area contributed by atoms with E-state index in [1.165, 1.54) is 0 Å². The molecule has 0 atom stereocenters. The maximum absolute atomic E-state index is 12.4. The van der Waals surface area contributed by atoms with Gasteiger partial charge in [0, 0.05) is 24.3 Å². The molecule has 0 saturated carbocycles. The number of primary amides is 1. The molecule has 8 nitrogen and oxygen atoms in total. The van der Waals surface area contributed by atoms with E-state index in [1.807, 2.05) is 20.8 Å². The van der Waals surface area contributed by atoms with Crippen LogP contribution in [-0.2, 0) is 20.2 Å². The molecule has 0 heterocycles. The first-order chi connectivity index (χ1) is 13.5. The minimum atomic E-state index is -3.70. The second-order valence-electron chi connectivity index (χ2n) is 7.54. The van der Waals surface area contributed by atoms with Crippen LogP contribution >= 0.6 is 0 Å². The Kier molecular flexibility index (Phi) is 6.99. The van der Waals surface area contributed by atoms with Gasteiger partial charge in [-0.1, -0.05) is 39.0 Å². The van der Waals surface area contributed by atoms with E-state index in [0.29, 0.717) is 11.4 Å². The Labute approximate surface area is 170 Å². The Hall–Kier alpha value is -2.91. The zero-order valence-electron chi connectivity index (χ0n) is 16.7. The molecule has 156 valence electrons. The van der Waals surface area contributed by atoms with E-state index in [9.17, 15) is 18.0 Å². The first kappa shape index (κ1) is 22.4. The van der Waals surface area contributed by atoms with Crippen LogP contribution in [-0.4, -0.2) is 26.9 Å². The molecule has 0 fully saturated rings. The topological polar surface area (TPSA) is 130 Å². The molecule has 2 aromatic rings. The fourth-order valence-corrected chi connectivity index (χ4v) is 3.59. The second kappa shape index (κ2) is 9.06. The summed E-state index contributed by atoms with van der Waals surface area (Å²) >= 11 is 0. The summed E-state index contributed by atoms with van der Waals surface area (Å²) in [6.45, 7) is 6.10. The number of nitrogens with two attached hydrogens (primary N) is 1. The van der Waals surface area contributed by atoms with Gasteiger partial charge in [-0.2, -0.15) is 0 Å². The third-order valence-electron chi connectivity index (χ3n) is 4.09. The molecule has 0 bridgehead atoms. The molecule has 0 aliphatic heterocycles. The minimum Gasteiger partial charge on any atom is -0.351 e. The number of amides is 3. The average molecular weight is 419 g/mol. The monoisotopic (exact) mass is 418 g/mol. The number of hydrogen-bond donors (Lipinski definition) is 4. The largest absolute Gasteiger partial charge is 0.351 e. The number of nitrogens with one attached hydrogen (secondary N) is 3. The van der Waals surface area contributed by atoms with Gasteiger partial charge in [0.15, 0.2) is 0 Å². The molecule has 9 heteroatoms. The first-order valence-corrected chi connectivity index (χ1v) is 10.5. The molecule has 0 spiro atoms. The molecular weight excluding hydrogens is 392 g/mol. The van der Waals surface area contributed by atoms with Crippen molar-refractivity contribution in [3.8, 4) is 0 Å². The average Bonchev–Trinajstić information content (AvgIpc) is 2.60. The normalized spacial score (nSPS) is 11.7. The molecule has 0 radical (unpaired) electrons. The minimum absolute atomic E-state index is 0.0472. The van der Waals surface area contributed by atoms with Gasteiger partial charge in [0.05, 0.1) is 4.90 Å². The Morgan fingerprint density at radius 2 is 1.55 bits per heavy atom. The van der Waals surface area contributed by atoms with Gasteiger partial charge in [0.1, 0.15) is 0 Å². The number of benzene rings is 2. The highest BCUT2D eigenvalue weighted by Gasteiger charge is 2.17. The summed E-state index contributed by atoms with van der Waals surface area (Å²) in [4.78, 5) is 23.1. The lowest BCUT2D eigenvalue weighted by Gasteiger charge is -2.19. The zero-order valence-corrected chi connectivity index (χ0v) is 17.5. The zero-order chi connectivity index (χ0) is 21.7. The van der Waals surface area contributed by atoms with Gasteiger partial charge in [-0.15, -0.1) is 0 Å². The van der Waals surface area contributed by atoms with Crippen LogP contribution in [0.5, 0.6) is 0 Å². The Morgan fingerprint density at radius 1 is 0.966 bits per heavy atom. The van der Waals surface area contributed by atoms with Crippen molar-refractivity contribution in [1.29, 1.82) is 0 Å². The van der Waals surface area contributed by atoms with E-state index in [2.05, 4.69) is 15.4 Å². The standard InChI is InChI=1S/C20H26N4O4S/c1-20(2,3)14-7-9-17(10-8-14)29(27,28)22-12-11-18(25)23-15-5-4-6-16(13-15)24-19(21)26/h4-10,13,22H,11-12H2,1-3H3,(H,23,25)(H3,21,24,26). The van der Waals surface area contributed by atoms with Crippen LogP contribution in [0, 0.1) is 0 Å². The lowest BCUT2D eigenvalue weighted by atomic mass is 9.87. The Bertz CT molecular complexity index is 980. The molecule has 0 unspecified atom stereocenters. The van der Waals surface area contributed by atoms with Crippen molar-refractivity contribution < 1.29 is 18.0 Å². The molecule has 0 saturated heterocycles. The van der Waals surface area contributed by atoms with Crippen molar-refractivity contribution in [3.05, 3.63) is 54.1 Å². The van der Waals surface area contributed by atoms with E-state index in [1.54, 1.807) is 48.5 Å². The lowest BCUT2D eigenvalue weighted by Crippen LogP contribution is -2.28. The van der Waals surface area contributed by atoms with Crippen LogP contribution in [0.2, 0.25) is 0 Å². The van der Waals surface area contributed by atoms with Gasteiger partial charge >= 0.3 is 6.03 Å². The molecule has 3 amide bonds. The number of urea groups is 1. The molecule has 0 aliphatic carbocycles. The van der Waals surface area contributed by atoms with Gasteiger partial charge < -0.3 is 16.4 Å². The van der Waals surface area contributed by atoms with Crippen molar-refractivity contribution in [2.45, 2.75) is 37.5 Å². The van der Waals surface area contributed by atoms with Crippen molar-refractivity contribution in [1.82, 2.24) is 4.72 Å². The van der Waals surface area contributed by atoms with Crippen molar-refractivity contribution >= 4 is 33.3 Å². The third-order valence-corrected chi connectivity index (χ3v) is 5.57. The molecule has 0 aromatic heterocycles. The second-order valence-corrected chi connectivity index (χ2v) is 9.31. The third kappa shape index (κ3) is 6.88. The van der Waals surface area contributed by atoms with Gasteiger partial charge in [-0.25, -0.2) is 17.9 Å². The van der Waals surface area contributed by atoms with E-state index in [-0.39, 0.29) is 29.2 Å². The van der Waals surface area contributed by atoms with E-state index >= 15 is 0 Å². The smallest absolute Gasteiger partial charge is 0.316 e. The van der Waals surface area contributed by atoms with E-state index in [4.69, 9.17) is 5.73 Å². The Morgan fingerprint density at radius 3 is 2.10 bits per heavy atom. The molecule has 2 aromatic carbocycles. The number of sulfonamides is 1. The summed E-state index contributed by atoms with van der Waals surface area (Å²) in [6, 6.07) is 12.4. The summed E-state index contributed by atoms with van der Waals surface area (Å²) in [5, 5.41) is 5.05. The maximum atomic E-state index is 12.4. The summed E-state index contributed by atoms with van der Waals surface area (Å²) in [5.41, 5.74) is 6.92. The van der Waals surface area contributed by atoms with Gasteiger partial charge in [0.25, 0.3) is 0 Å². The number of hydrogen-bond acceptors (Lipinski definition) is 4. The SMILES string of the molecule is CC(C)(C)c1ccc(S(=O)(=O)NCCC(=O)Nc2cccc(NC(N)=O)c2)cc1. The van der Waals surface area contributed by atoms with Crippen molar-refractivity contribution in [3.63, 3.8) is 0 Å². The number of carbonyl (C=O) groups is 2. The fraction of sp³-hybridized carbons (Fsp3) is 0.300. The maximum Gasteiger partial charge on any atom is 0.316 e. The summed E-state index contributed by atoms with van der Waals surface area (Å²) in [7, 11) is -3.70. The van der Waals surface area contributed by atoms with Crippen LogP contribution in [0.1, 0.15) is 32.8 Å². The van der Waals surface area contributed by atoms with Crippen LogP contribution in [0.25, 0.3) is 0 Å². The van der Waals surface area contributed by atoms with E-state index < -0.39 is 16.1 Å². The summed E-state index contributed by atoms with van der Waals surface area (Å²) in [5.74, 6) is -0.369. The molecule has 0 aliphatic rings. The lowest BCUT2D eigenvalue weighted by molar-refractivity contribution is -0.116. The fourth-order valence-electron chi connectivity index (χ4n) is 2.56. The molecular formula is C20H26N4O4S. The number of rotatable bonds is 7.